The van der Waals surface area contributed by atoms with Crippen LogP contribution in [0.3, 0.4) is 0 Å². The fourth-order valence-electron chi connectivity index (χ4n) is 6.52. The largest absolute Gasteiger partial charge is 0.463 e. The summed E-state index contributed by atoms with van der Waals surface area (Å²) in [5.74, 6) is 6.79. The number of nitrogen functional groups attached to an aromatic ring is 1. The number of rotatable bonds is 10. The number of hydrogen-bond donors (Lipinski definition) is 2. The van der Waals surface area contributed by atoms with Crippen LogP contribution in [0.15, 0.2) is 30.9 Å². The number of ether oxygens (including phenoxy) is 2. The molecule has 0 radical (unpaired) electrons. The lowest BCUT2D eigenvalue weighted by atomic mass is 9.95. The first-order valence-corrected chi connectivity index (χ1v) is 15.0. The van der Waals surface area contributed by atoms with Crippen molar-refractivity contribution in [2.45, 2.75) is 45.4 Å². The molecule has 4 aliphatic rings. The third-order valence-corrected chi connectivity index (χ3v) is 8.93. The van der Waals surface area contributed by atoms with E-state index in [2.05, 4.69) is 45.8 Å². The maximum Gasteiger partial charge on any atom is 0.318 e. The number of nitrogens with two attached hydrogens (primary N) is 1. The zero-order valence-corrected chi connectivity index (χ0v) is 24.7. The zero-order valence-electron chi connectivity index (χ0n) is 24.7. The number of amides is 1. The van der Waals surface area contributed by atoms with Gasteiger partial charge < -0.3 is 29.6 Å². The number of aryl methyl sites for hydroxylation is 1. The van der Waals surface area contributed by atoms with Crippen molar-refractivity contribution in [1.82, 2.24) is 19.8 Å². The lowest BCUT2D eigenvalue weighted by Crippen LogP contribution is -2.70. The van der Waals surface area contributed by atoms with Crippen LogP contribution in [0.2, 0.25) is 0 Å². The average Bonchev–Trinajstić information content (AvgIpc) is 3.00. The standard InChI is InChI=1S/C31H42N8O3/c1-4-7-22-24(35-32)9-8-21(3)29(22)39-12-10-23-25(18-39)33-31(41-17-6-11-38-19-27-26(38)20-42-27)34-30(23)37-15-13-36(14-16-37)28(40)5-2/h4-5,7-9,26-27,35H,2,6,10-20,32H2,1,3H3/b7-4+/t26?,27-/m1/s1. The third-order valence-electron chi connectivity index (χ3n) is 8.93. The van der Waals surface area contributed by atoms with E-state index >= 15 is 0 Å². The molecule has 3 saturated heterocycles. The molecule has 0 aliphatic carbocycles. The van der Waals surface area contributed by atoms with E-state index in [9.17, 15) is 4.79 Å². The summed E-state index contributed by atoms with van der Waals surface area (Å²) < 4.78 is 11.7. The molecule has 11 heteroatoms. The second-order valence-electron chi connectivity index (χ2n) is 11.4. The number of morpholine rings is 1. The number of hydrogen-bond acceptors (Lipinski definition) is 10. The van der Waals surface area contributed by atoms with Crippen LogP contribution in [0.25, 0.3) is 6.08 Å². The molecule has 5 heterocycles. The summed E-state index contributed by atoms with van der Waals surface area (Å²) in [6.07, 6.45) is 7.70. The summed E-state index contributed by atoms with van der Waals surface area (Å²) in [6.45, 7) is 15.4. The SMILES string of the molecule is C=CC(=O)N1CCN(c2nc(OCCCN3C[C@H]4OCC43)nc3c2CCN(c2c(C)ccc(NN)c2/C=C/C)C3)CC1. The van der Waals surface area contributed by atoms with Crippen molar-refractivity contribution in [3.63, 3.8) is 0 Å². The van der Waals surface area contributed by atoms with Crippen LogP contribution in [-0.2, 0) is 22.5 Å². The first kappa shape index (κ1) is 28.4. The highest BCUT2D eigenvalue weighted by Gasteiger charge is 2.46. The predicted molar refractivity (Wildman–Crippen MR) is 165 cm³/mol. The average molecular weight is 575 g/mol. The third kappa shape index (κ3) is 5.44. The summed E-state index contributed by atoms with van der Waals surface area (Å²) in [7, 11) is 0. The predicted octanol–water partition coefficient (Wildman–Crippen LogP) is 2.35. The number of piperazine rings is 1. The Labute approximate surface area is 247 Å². The van der Waals surface area contributed by atoms with Crippen molar-refractivity contribution in [2.75, 3.05) is 74.3 Å². The highest BCUT2D eigenvalue weighted by molar-refractivity contribution is 5.87. The van der Waals surface area contributed by atoms with Crippen LogP contribution in [0.4, 0.5) is 17.2 Å². The van der Waals surface area contributed by atoms with E-state index in [-0.39, 0.29) is 5.91 Å². The van der Waals surface area contributed by atoms with Crippen molar-refractivity contribution in [2.24, 2.45) is 5.84 Å². The molecular weight excluding hydrogens is 532 g/mol. The van der Waals surface area contributed by atoms with Crippen molar-refractivity contribution in [3.05, 3.63) is 53.2 Å². The van der Waals surface area contributed by atoms with Gasteiger partial charge in [0.2, 0.25) is 5.91 Å². The lowest BCUT2D eigenvalue weighted by molar-refractivity contribution is -0.214. The van der Waals surface area contributed by atoms with Crippen LogP contribution in [-0.4, -0.2) is 96.8 Å². The molecule has 2 atom stereocenters. The molecule has 1 unspecified atom stereocenters. The number of allylic oxidation sites excluding steroid dienone is 1. The number of nitrogens with zero attached hydrogens (tertiary/aromatic N) is 6. The first-order chi connectivity index (χ1) is 20.5. The molecule has 0 bridgehead atoms. The van der Waals surface area contributed by atoms with Crippen LogP contribution >= 0.6 is 0 Å². The highest BCUT2D eigenvalue weighted by atomic mass is 16.5. The molecule has 0 spiro atoms. The van der Waals surface area contributed by atoms with Gasteiger partial charge in [-0.3, -0.25) is 15.5 Å². The molecule has 11 nitrogen and oxygen atoms in total. The number of likely N-dealkylation sites (tertiary alicyclic amines) is 1. The van der Waals surface area contributed by atoms with Gasteiger partial charge in [-0.2, -0.15) is 9.97 Å². The second-order valence-corrected chi connectivity index (χ2v) is 11.4. The van der Waals surface area contributed by atoms with Crippen LogP contribution in [0, 0.1) is 6.92 Å². The van der Waals surface area contributed by atoms with Crippen molar-refractivity contribution in [3.8, 4) is 6.01 Å². The molecule has 1 aromatic carbocycles. The molecule has 3 N–H and O–H groups in total. The van der Waals surface area contributed by atoms with Crippen LogP contribution in [0.5, 0.6) is 6.01 Å². The Morgan fingerprint density at radius 1 is 1.21 bits per heavy atom. The minimum absolute atomic E-state index is 0.0254. The first-order valence-electron chi connectivity index (χ1n) is 15.0. The summed E-state index contributed by atoms with van der Waals surface area (Å²) in [4.78, 5) is 31.1. The Kier molecular flexibility index (Phi) is 8.32. The van der Waals surface area contributed by atoms with Gasteiger partial charge in [-0.1, -0.05) is 24.8 Å². The van der Waals surface area contributed by atoms with Gasteiger partial charge in [0, 0.05) is 62.6 Å². The number of carbonyl (C=O) groups is 1. The lowest BCUT2D eigenvalue weighted by Gasteiger charge is -2.55. The minimum atomic E-state index is -0.0254. The van der Waals surface area contributed by atoms with Crippen molar-refractivity contribution >= 4 is 29.2 Å². The maximum atomic E-state index is 12.2. The molecule has 1 amide bonds. The van der Waals surface area contributed by atoms with E-state index in [0.29, 0.717) is 57.5 Å². The molecule has 0 saturated carbocycles. The molecule has 4 aliphatic heterocycles. The van der Waals surface area contributed by atoms with E-state index in [1.54, 1.807) is 0 Å². The molecule has 42 heavy (non-hydrogen) atoms. The van der Waals surface area contributed by atoms with Gasteiger partial charge in [-0.05, 0) is 44.4 Å². The molecule has 6 rings (SSSR count). The summed E-state index contributed by atoms with van der Waals surface area (Å²) in [6, 6.07) is 5.14. The Bertz CT molecular complexity index is 1360. The Balaban J connectivity index is 1.24. The zero-order chi connectivity index (χ0) is 29.2. The van der Waals surface area contributed by atoms with E-state index < -0.39 is 0 Å². The van der Waals surface area contributed by atoms with Crippen LogP contribution in [0.1, 0.15) is 35.7 Å². The van der Waals surface area contributed by atoms with Gasteiger partial charge in [-0.15, -0.1) is 0 Å². The maximum absolute atomic E-state index is 12.2. The van der Waals surface area contributed by atoms with E-state index in [0.717, 1.165) is 73.1 Å². The van der Waals surface area contributed by atoms with Crippen molar-refractivity contribution < 1.29 is 14.3 Å². The number of benzene rings is 1. The van der Waals surface area contributed by atoms with Gasteiger partial charge in [0.1, 0.15) is 5.82 Å². The number of aromatic nitrogens is 2. The Morgan fingerprint density at radius 3 is 2.71 bits per heavy atom. The fraction of sp³-hybridized carbons (Fsp3) is 0.516. The van der Waals surface area contributed by atoms with E-state index in [4.69, 9.17) is 25.3 Å². The molecule has 1 aromatic heterocycles. The topological polar surface area (TPSA) is 112 Å². The van der Waals surface area contributed by atoms with Crippen LogP contribution < -0.4 is 25.8 Å². The van der Waals surface area contributed by atoms with E-state index in [1.165, 1.54) is 11.6 Å². The Morgan fingerprint density at radius 2 is 2.05 bits per heavy atom. The number of fused-ring (bicyclic) bond motifs is 2. The smallest absolute Gasteiger partial charge is 0.318 e. The van der Waals surface area contributed by atoms with Gasteiger partial charge in [-0.25, -0.2) is 0 Å². The van der Waals surface area contributed by atoms with E-state index in [1.807, 2.05) is 24.0 Å². The quantitative estimate of drug-likeness (QED) is 0.190. The second kappa shape index (κ2) is 12.3. The number of hydrazine groups is 1. The van der Waals surface area contributed by atoms with Gasteiger partial charge >= 0.3 is 6.01 Å². The summed E-state index contributed by atoms with van der Waals surface area (Å²) in [5, 5.41) is 0. The van der Waals surface area contributed by atoms with Gasteiger partial charge in [0.15, 0.2) is 0 Å². The minimum Gasteiger partial charge on any atom is -0.463 e. The number of carbonyl (C=O) groups excluding carboxylic acids is 1. The van der Waals surface area contributed by atoms with Gasteiger partial charge in [0.05, 0.1) is 43.3 Å². The molecule has 2 aromatic rings. The molecule has 3 fully saturated rings. The summed E-state index contributed by atoms with van der Waals surface area (Å²) in [5.41, 5.74) is 9.31. The molecular formula is C31H42N8O3. The van der Waals surface area contributed by atoms with Crippen molar-refractivity contribution in [1.29, 1.82) is 0 Å². The number of nitrogens with one attached hydrogen (secondary N) is 1. The number of anilines is 3. The Hall–Kier alpha value is -3.67. The summed E-state index contributed by atoms with van der Waals surface area (Å²) >= 11 is 0. The van der Waals surface area contributed by atoms with Gasteiger partial charge in [0.25, 0.3) is 0 Å². The normalized spacial score (nSPS) is 21.8. The highest BCUT2D eigenvalue weighted by Crippen LogP contribution is 2.37. The monoisotopic (exact) mass is 574 g/mol. The fourth-order valence-corrected chi connectivity index (χ4v) is 6.52. The molecule has 224 valence electrons.